The van der Waals surface area contributed by atoms with Crippen LogP contribution in [0.1, 0.15) is 13.7 Å². The van der Waals surface area contributed by atoms with Gasteiger partial charge in [-0.2, -0.15) is 15.1 Å². The number of carbonyl (C=O) groups is 1. The van der Waals surface area contributed by atoms with Crippen molar-refractivity contribution in [1.82, 2.24) is 49.1 Å². The summed E-state index contributed by atoms with van der Waals surface area (Å²) in [4.78, 5) is 46.7. The monoisotopic (exact) mass is 835 g/mol. The third-order valence-electron chi connectivity index (χ3n) is 11.2. The Hall–Kier alpha value is -6.54. The number of pyridine rings is 2. The third-order valence-corrected chi connectivity index (χ3v) is 11.8. The largest absolute Gasteiger partial charge is 0.378 e. The zero-order chi connectivity index (χ0) is 41.8. The molecule has 310 valence electrons. The van der Waals surface area contributed by atoms with Gasteiger partial charge in [0.1, 0.15) is 40.7 Å². The predicted octanol–water partition coefficient (Wildman–Crippen LogP) is 4.91. The van der Waals surface area contributed by atoms with Crippen LogP contribution in [0.4, 0.5) is 26.4 Å². The number of amides is 1. The number of fused-ring (bicyclic) bond motifs is 6. The Morgan fingerprint density at radius 2 is 1.95 bits per heavy atom. The van der Waals surface area contributed by atoms with Crippen LogP contribution in [0, 0.1) is 29.4 Å². The molecule has 3 N–H and O–H groups in total. The number of carbonyl (C=O) groups excluding carboxylic acids is 1. The van der Waals surface area contributed by atoms with Crippen LogP contribution in [0.2, 0.25) is 0 Å². The number of aryl methyl sites for hydroxylation is 1. The average Bonchev–Trinajstić information content (AvgIpc) is 3.94. The molecule has 3 aliphatic rings. The van der Waals surface area contributed by atoms with Crippen LogP contribution in [0.25, 0.3) is 39.1 Å². The maximum atomic E-state index is 15.4. The molecule has 0 unspecified atom stereocenters. The molecule has 3 aliphatic heterocycles. The first-order valence-electron chi connectivity index (χ1n) is 19.3. The van der Waals surface area contributed by atoms with Gasteiger partial charge in [0.2, 0.25) is 11.9 Å². The number of ether oxygens (including phenoxy) is 1. The molecule has 17 nitrogen and oxygen atoms in total. The summed E-state index contributed by atoms with van der Waals surface area (Å²) in [7, 11) is 3.39. The molecule has 9 rings (SSSR count). The minimum atomic E-state index is -0.831. The first-order chi connectivity index (χ1) is 29.0. The van der Waals surface area contributed by atoms with E-state index in [2.05, 4.69) is 21.6 Å². The quantitative estimate of drug-likeness (QED) is 0.157. The Kier molecular flexibility index (Phi) is 10.1. The zero-order valence-electron chi connectivity index (χ0n) is 33.0. The number of imidazole rings is 1. The summed E-state index contributed by atoms with van der Waals surface area (Å²) in [6, 6.07) is 9.81. The molecule has 1 amide bonds. The number of rotatable bonds is 5. The SMILES string of the molecule is C=C1CN(C(=N)SC=N)CCN1c1nc(N2C[C@@H]3C[C@H]2C(=O)N(C)C[C@H](OC)Cn2c(C)nc4ccnc(c42)-c2cccc(n2)N3)c2cnn(-c3ccc(F)cc3F)c2n1.[HH]. The summed E-state index contributed by atoms with van der Waals surface area (Å²) in [5, 5.41) is 24.6. The van der Waals surface area contributed by atoms with E-state index < -0.39 is 23.8 Å². The number of benzene rings is 1. The number of amidine groups is 1. The van der Waals surface area contributed by atoms with Crippen molar-refractivity contribution in [2.24, 2.45) is 0 Å². The molecule has 1 aromatic carbocycles. The predicted molar refractivity (Wildman–Crippen MR) is 228 cm³/mol. The summed E-state index contributed by atoms with van der Waals surface area (Å²) in [5.74, 6) is 0.262. The summed E-state index contributed by atoms with van der Waals surface area (Å²) >= 11 is 0.994. The molecular weight excluding hydrogens is 793 g/mol. The lowest BCUT2D eigenvalue weighted by Gasteiger charge is -2.37. The molecule has 2 fully saturated rings. The van der Waals surface area contributed by atoms with Crippen LogP contribution in [-0.4, -0.2) is 131 Å². The number of aromatic nitrogens is 8. The Bertz CT molecular complexity index is 2710. The van der Waals surface area contributed by atoms with Gasteiger partial charge in [-0.3, -0.25) is 15.2 Å². The molecule has 8 heterocycles. The van der Waals surface area contributed by atoms with Gasteiger partial charge in [0.05, 0.1) is 53.1 Å². The number of piperazine rings is 1. The number of hydrogen-bond acceptors (Lipinski definition) is 14. The summed E-state index contributed by atoms with van der Waals surface area (Å²) in [6.45, 7) is 8.24. The molecule has 6 aromatic rings. The van der Waals surface area contributed by atoms with Crippen molar-refractivity contribution in [3.8, 4) is 17.1 Å². The van der Waals surface area contributed by atoms with Gasteiger partial charge in [0, 0.05) is 65.8 Å². The van der Waals surface area contributed by atoms with E-state index >= 15 is 4.39 Å². The van der Waals surface area contributed by atoms with Crippen molar-refractivity contribution in [2.45, 2.75) is 38.1 Å². The minimum absolute atomic E-state index is 0. The number of likely N-dealkylation sites (N-methyl/N-ethyl adjacent to an activating group) is 1. The van der Waals surface area contributed by atoms with Gasteiger partial charge < -0.3 is 39.6 Å². The first-order valence-corrected chi connectivity index (χ1v) is 20.1. The van der Waals surface area contributed by atoms with E-state index in [-0.39, 0.29) is 48.9 Å². The van der Waals surface area contributed by atoms with Crippen molar-refractivity contribution in [3.63, 3.8) is 0 Å². The van der Waals surface area contributed by atoms with Gasteiger partial charge in [-0.25, -0.2) is 23.4 Å². The van der Waals surface area contributed by atoms with Gasteiger partial charge in [0.25, 0.3) is 0 Å². The van der Waals surface area contributed by atoms with Crippen LogP contribution >= 0.6 is 11.8 Å². The van der Waals surface area contributed by atoms with Crippen LogP contribution in [0.15, 0.2) is 67.1 Å². The Morgan fingerprint density at radius 1 is 1.10 bits per heavy atom. The molecule has 20 heteroatoms. The Labute approximate surface area is 348 Å². The fourth-order valence-corrected chi connectivity index (χ4v) is 8.71. The average molecular weight is 836 g/mol. The fourth-order valence-electron chi connectivity index (χ4n) is 8.29. The van der Waals surface area contributed by atoms with E-state index in [1.165, 1.54) is 16.9 Å². The topological polar surface area (TPSA) is 186 Å². The van der Waals surface area contributed by atoms with Crippen LogP contribution in [0.3, 0.4) is 0 Å². The van der Waals surface area contributed by atoms with Crippen molar-refractivity contribution in [1.29, 1.82) is 10.8 Å². The van der Waals surface area contributed by atoms with Crippen LogP contribution in [0.5, 0.6) is 0 Å². The van der Waals surface area contributed by atoms with Crippen LogP contribution < -0.4 is 15.1 Å². The van der Waals surface area contributed by atoms with Gasteiger partial charge in [-0.05, 0) is 55.4 Å². The molecule has 5 aromatic heterocycles. The summed E-state index contributed by atoms with van der Waals surface area (Å²) < 4.78 is 38.9. The van der Waals surface area contributed by atoms with E-state index in [4.69, 9.17) is 40.5 Å². The number of methoxy groups -OCH3 is 1. The van der Waals surface area contributed by atoms with E-state index in [0.717, 1.165) is 46.3 Å². The number of nitrogens with one attached hydrogen (secondary N) is 3. The third kappa shape index (κ3) is 6.93. The van der Waals surface area contributed by atoms with Gasteiger partial charge >= 0.3 is 0 Å². The van der Waals surface area contributed by atoms with Crippen molar-refractivity contribution >= 4 is 68.0 Å². The highest BCUT2D eigenvalue weighted by molar-refractivity contribution is 8.24. The van der Waals surface area contributed by atoms with Crippen LogP contribution in [-0.2, 0) is 16.1 Å². The Morgan fingerprint density at radius 3 is 2.73 bits per heavy atom. The summed E-state index contributed by atoms with van der Waals surface area (Å²) in [5.41, 5.74) is 4.86. The number of hydrogen-bond donors (Lipinski definition) is 3. The maximum absolute atomic E-state index is 15.4. The second kappa shape index (κ2) is 15.6. The minimum Gasteiger partial charge on any atom is -0.378 e. The molecule has 0 radical (unpaired) electrons. The highest BCUT2D eigenvalue weighted by atomic mass is 32.2. The van der Waals surface area contributed by atoms with Crippen molar-refractivity contribution in [3.05, 3.63) is 84.6 Å². The number of nitrogens with zero attached hydrogens (tertiary/aromatic N) is 12. The first kappa shape index (κ1) is 38.9. The highest BCUT2D eigenvalue weighted by Gasteiger charge is 2.41. The molecule has 60 heavy (non-hydrogen) atoms. The van der Waals surface area contributed by atoms with Crippen molar-refractivity contribution in [2.75, 3.05) is 62.0 Å². The van der Waals surface area contributed by atoms with E-state index in [1.54, 1.807) is 30.2 Å². The zero-order valence-corrected chi connectivity index (χ0v) is 33.8. The number of halogens is 2. The molecule has 0 aliphatic carbocycles. The molecule has 4 bridgehead atoms. The normalized spacial score (nSPS) is 19.8. The number of anilines is 3. The van der Waals surface area contributed by atoms with Crippen molar-refractivity contribution < 1.29 is 19.7 Å². The lowest BCUT2D eigenvalue weighted by atomic mass is 10.1. The van der Waals surface area contributed by atoms with E-state index in [1.807, 2.05) is 41.0 Å². The smallest absolute Gasteiger partial charge is 0.245 e. The highest BCUT2D eigenvalue weighted by Crippen LogP contribution is 2.36. The second-order valence-corrected chi connectivity index (χ2v) is 15.8. The van der Waals surface area contributed by atoms with Gasteiger partial charge in [-0.1, -0.05) is 12.6 Å². The van der Waals surface area contributed by atoms with Gasteiger partial charge in [0.15, 0.2) is 16.6 Å². The molecule has 2 saturated heterocycles. The Balaban J connectivity index is 0.00000514. The van der Waals surface area contributed by atoms with E-state index in [9.17, 15) is 9.18 Å². The fraction of sp³-hybridized carbons (Fsp3) is 0.325. The lowest BCUT2D eigenvalue weighted by molar-refractivity contribution is -0.132. The second-order valence-electron chi connectivity index (χ2n) is 14.9. The lowest BCUT2D eigenvalue weighted by Crippen LogP contribution is -2.48. The molecular formula is C40H43F2N15O2S. The number of thioether (sulfide) groups is 1. The summed E-state index contributed by atoms with van der Waals surface area (Å²) in [6.07, 6.45) is 3.22. The maximum Gasteiger partial charge on any atom is 0.245 e. The molecule has 0 saturated carbocycles. The molecule has 3 atom stereocenters. The molecule has 0 spiro atoms. The van der Waals surface area contributed by atoms with E-state index in [0.29, 0.717) is 66.7 Å². The van der Waals surface area contributed by atoms with Gasteiger partial charge in [-0.15, -0.1) is 0 Å². The standard InChI is InChI=1S/C40H41F2N15O2S.H2/c1-22-17-53(39(44)60-21-43)12-13-54(22)40-50-36(27-16-46-57(37(27)51-40)31-9-8-24(41)14-28(31)42)56-18-25-15-32(56)38(58)52(3)19-26(59-4)20-55-23(2)47-30-10-11-45-34(35(30)55)29-6-5-7-33(48-25)49-29;/h5-11,14,16,21,25-26,32,43-44H,1,12-13,15,17-20H2,2-4H3,(H,48,49);1H/t25-,26-,32-;/m0./s1.